The highest BCUT2D eigenvalue weighted by molar-refractivity contribution is 6.45. The third-order valence-corrected chi connectivity index (χ3v) is 4.24. The molecule has 0 saturated heterocycles. The highest BCUT2D eigenvalue weighted by Crippen LogP contribution is 2.32. The van der Waals surface area contributed by atoms with Crippen molar-refractivity contribution in [2.24, 2.45) is 0 Å². The number of para-hydroxylation sites is 2. The first-order valence-corrected chi connectivity index (χ1v) is 7.91. The zero-order valence-corrected chi connectivity index (χ0v) is 13.4. The lowest BCUT2D eigenvalue weighted by atomic mass is 10.1. The number of anilines is 2. The third kappa shape index (κ3) is 2.72. The molecule has 118 valence electrons. The number of carbonyl (C=O) groups excluding carboxylic acids is 2. The summed E-state index contributed by atoms with van der Waals surface area (Å²) in [5.41, 5.74) is 2.71. The average Bonchev–Trinajstić information content (AvgIpc) is 2.91. The van der Waals surface area contributed by atoms with Crippen LogP contribution in [0.5, 0.6) is 0 Å². The monoisotopic (exact) mass is 308 g/mol. The lowest BCUT2D eigenvalue weighted by Crippen LogP contribution is -2.47. The van der Waals surface area contributed by atoms with Gasteiger partial charge < -0.3 is 9.80 Å². The number of benzene rings is 2. The summed E-state index contributed by atoms with van der Waals surface area (Å²) < 4.78 is 0. The van der Waals surface area contributed by atoms with Gasteiger partial charge in [0.2, 0.25) is 0 Å². The fourth-order valence-electron chi connectivity index (χ4n) is 3.14. The van der Waals surface area contributed by atoms with Crippen LogP contribution in [-0.4, -0.2) is 24.4 Å². The van der Waals surface area contributed by atoms with Crippen molar-refractivity contribution in [3.8, 4) is 0 Å². The molecule has 0 aliphatic carbocycles. The lowest BCUT2D eigenvalue weighted by Gasteiger charge is -2.26. The van der Waals surface area contributed by atoms with Gasteiger partial charge in [-0.15, -0.1) is 0 Å². The second kappa shape index (κ2) is 6.24. The minimum atomic E-state index is -0.484. The maximum absolute atomic E-state index is 12.8. The van der Waals surface area contributed by atoms with E-state index in [4.69, 9.17) is 0 Å². The van der Waals surface area contributed by atoms with E-state index in [1.807, 2.05) is 68.4 Å². The van der Waals surface area contributed by atoms with Crippen molar-refractivity contribution < 1.29 is 9.59 Å². The van der Waals surface area contributed by atoms with Crippen molar-refractivity contribution in [2.45, 2.75) is 26.3 Å². The van der Waals surface area contributed by atoms with Crippen molar-refractivity contribution in [3.63, 3.8) is 0 Å². The van der Waals surface area contributed by atoms with Crippen LogP contribution in [0.15, 0.2) is 54.6 Å². The number of fused-ring (bicyclic) bond motifs is 1. The summed E-state index contributed by atoms with van der Waals surface area (Å²) in [6, 6.07) is 17.1. The number of rotatable bonds is 2. The molecular weight excluding hydrogens is 288 g/mol. The molecule has 1 unspecified atom stereocenters. The Hall–Kier alpha value is -2.62. The maximum atomic E-state index is 12.8. The molecule has 0 radical (unpaired) electrons. The quantitative estimate of drug-likeness (QED) is 0.800. The number of hydrogen-bond acceptors (Lipinski definition) is 2. The largest absolute Gasteiger partial charge is 0.317 e. The topological polar surface area (TPSA) is 40.6 Å². The van der Waals surface area contributed by atoms with Crippen molar-refractivity contribution in [2.75, 3.05) is 16.3 Å². The number of likely N-dealkylation sites (N-methyl/N-ethyl adjacent to an activating group) is 1. The molecule has 0 fully saturated rings. The standard InChI is InChI=1S/C19H20N2O2/c1-3-20(16-10-5-4-6-11-16)18(22)19(23)21-14(2)13-15-9-7-8-12-17(15)21/h4-12,14H,3,13H2,1-2H3. The fourth-order valence-corrected chi connectivity index (χ4v) is 3.14. The summed E-state index contributed by atoms with van der Waals surface area (Å²) in [7, 11) is 0. The van der Waals surface area contributed by atoms with Crippen LogP contribution in [0.3, 0.4) is 0 Å². The average molecular weight is 308 g/mol. The molecule has 3 rings (SSSR count). The Kier molecular flexibility index (Phi) is 4.15. The Morgan fingerprint density at radius 2 is 1.74 bits per heavy atom. The molecule has 1 heterocycles. The molecule has 2 aromatic carbocycles. The van der Waals surface area contributed by atoms with Crippen LogP contribution in [0.25, 0.3) is 0 Å². The maximum Gasteiger partial charge on any atom is 0.317 e. The first-order valence-electron chi connectivity index (χ1n) is 7.91. The number of carbonyl (C=O) groups is 2. The molecule has 0 spiro atoms. The van der Waals surface area contributed by atoms with Gasteiger partial charge in [-0.2, -0.15) is 0 Å². The first kappa shape index (κ1) is 15.3. The zero-order chi connectivity index (χ0) is 16.4. The minimum absolute atomic E-state index is 0.00155. The SMILES string of the molecule is CCN(C(=O)C(=O)N1c2ccccc2CC1C)c1ccccc1. The number of hydrogen-bond donors (Lipinski definition) is 0. The van der Waals surface area contributed by atoms with Crippen LogP contribution < -0.4 is 9.80 Å². The van der Waals surface area contributed by atoms with Crippen molar-refractivity contribution in [3.05, 3.63) is 60.2 Å². The zero-order valence-electron chi connectivity index (χ0n) is 13.4. The molecule has 1 aliphatic rings. The lowest BCUT2D eigenvalue weighted by molar-refractivity contribution is -0.136. The summed E-state index contributed by atoms with van der Waals surface area (Å²) in [4.78, 5) is 28.7. The first-order chi connectivity index (χ1) is 11.1. The Balaban J connectivity index is 1.89. The molecule has 4 heteroatoms. The van der Waals surface area contributed by atoms with Gasteiger partial charge >= 0.3 is 11.8 Å². The van der Waals surface area contributed by atoms with Gasteiger partial charge in [0, 0.05) is 24.0 Å². The summed E-state index contributed by atoms with van der Waals surface area (Å²) in [5, 5.41) is 0. The van der Waals surface area contributed by atoms with Crippen LogP contribution >= 0.6 is 0 Å². The Morgan fingerprint density at radius 1 is 1.09 bits per heavy atom. The molecule has 1 aliphatic heterocycles. The van der Waals surface area contributed by atoms with Crippen molar-refractivity contribution in [1.29, 1.82) is 0 Å². The van der Waals surface area contributed by atoms with Gasteiger partial charge in [-0.25, -0.2) is 0 Å². The molecule has 0 aromatic heterocycles. The molecule has 2 aromatic rings. The smallest absolute Gasteiger partial charge is 0.304 e. The third-order valence-electron chi connectivity index (χ3n) is 4.24. The van der Waals surface area contributed by atoms with E-state index < -0.39 is 11.8 Å². The molecule has 1 atom stereocenters. The van der Waals surface area contributed by atoms with Crippen molar-refractivity contribution >= 4 is 23.2 Å². The second-order valence-electron chi connectivity index (χ2n) is 5.74. The minimum Gasteiger partial charge on any atom is -0.304 e. The van der Waals surface area contributed by atoms with Gasteiger partial charge in [0.1, 0.15) is 0 Å². The van der Waals surface area contributed by atoms with Gasteiger partial charge in [-0.3, -0.25) is 9.59 Å². The van der Waals surface area contributed by atoms with Crippen LogP contribution in [-0.2, 0) is 16.0 Å². The molecular formula is C19H20N2O2. The summed E-state index contributed by atoms with van der Waals surface area (Å²) in [6.07, 6.45) is 0.784. The van der Waals surface area contributed by atoms with Gasteiger partial charge in [-0.1, -0.05) is 36.4 Å². The molecule has 2 amide bonds. The Morgan fingerprint density at radius 3 is 2.43 bits per heavy atom. The normalized spacial score (nSPS) is 16.1. The van der Waals surface area contributed by atoms with E-state index in [1.54, 1.807) is 4.90 Å². The van der Waals surface area contributed by atoms with Crippen LogP contribution in [0.2, 0.25) is 0 Å². The fraction of sp³-hybridized carbons (Fsp3) is 0.263. The highest BCUT2D eigenvalue weighted by atomic mass is 16.2. The summed E-state index contributed by atoms with van der Waals surface area (Å²) in [6.45, 7) is 4.31. The molecule has 4 nitrogen and oxygen atoms in total. The van der Waals surface area contributed by atoms with Crippen LogP contribution in [0.4, 0.5) is 11.4 Å². The van der Waals surface area contributed by atoms with Gasteiger partial charge in [0.15, 0.2) is 0 Å². The molecule has 0 saturated carbocycles. The molecule has 0 bridgehead atoms. The molecule has 0 N–H and O–H groups in total. The van der Waals surface area contributed by atoms with E-state index in [2.05, 4.69) is 0 Å². The molecule has 23 heavy (non-hydrogen) atoms. The van der Waals surface area contributed by atoms with E-state index in [0.717, 1.165) is 23.4 Å². The van der Waals surface area contributed by atoms with E-state index in [1.165, 1.54) is 4.90 Å². The predicted octanol–water partition coefficient (Wildman–Crippen LogP) is 3.02. The summed E-state index contributed by atoms with van der Waals surface area (Å²) >= 11 is 0. The van der Waals surface area contributed by atoms with E-state index in [-0.39, 0.29) is 6.04 Å². The van der Waals surface area contributed by atoms with E-state index in [9.17, 15) is 9.59 Å². The predicted molar refractivity (Wildman–Crippen MR) is 91.6 cm³/mol. The van der Waals surface area contributed by atoms with Crippen molar-refractivity contribution in [1.82, 2.24) is 0 Å². The Labute approximate surface area is 136 Å². The van der Waals surface area contributed by atoms with Crippen LogP contribution in [0, 0.1) is 0 Å². The second-order valence-corrected chi connectivity index (χ2v) is 5.74. The van der Waals surface area contributed by atoms with Crippen LogP contribution in [0.1, 0.15) is 19.4 Å². The van der Waals surface area contributed by atoms with E-state index in [0.29, 0.717) is 6.54 Å². The Bertz CT molecular complexity index is 727. The van der Waals surface area contributed by atoms with Gasteiger partial charge in [-0.05, 0) is 44.0 Å². The van der Waals surface area contributed by atoms with Gasteiger partial charge in [0.05, 0.1) is 0 Å². The van der Waals surface area contributed by atoms with Gasteiger partial charge in [0.25, 0.3) is 0 Å². The number of nitrogens with zero attached hydrogens (tertiary/aromatic N) is 2. The highest BCUT2D eigenvalue weighted by Gasteiger charge is 2.36. The van der Waals surface area contributed by atoms with E-state index >= 15 is 0 Å². The number of amides is 2. The summed E-state index contributed by atoms with van der Waals surface area (Å²) in [5.74, 6) is -0.949.